The molecule has 6 N–H and O–H groups in total. The van der Waals surface area contributed by atoms with Gasteiger partial charge in [0, 0.05) is 12.8 Å². The maximum Gasteiger partial charge on any atom is 0.472 e. The van der Waals surface area contributed by atoms with Crippen LogP contribution in [-0.2, 0) is 32.7 Å². The van der Waals surface area contributed by atoms with Crippen molar-refractivity contribution >= 4 is 19.8 Å². The quantitative estimate of drug-likeness (QED) is 0.0148. The Morgan fingerprint density at radius 1 is 0.508 bits per heavy atom. The second kappa shape index (κ2) is 37.2. The monoisotopic (exact) mass is 887 g/mol. The van der Waals surface area contributed by atoms with E-state index in [1.807, 2.05) is 12.2 Å². The highest BCUT2D eigenvalue weighted by Crippen LogP contribution is 2.47. The number of aliphatic hydroxyl groups excluding tert-OH is 5. The van der Waals surface area contributed by atoms with Crippen LogP contribution in [0, 0.1) is 0 Å². The smallest absolute Gasteiger partial charge is 0.462 e. The molecule has 0 aromatic heterocycles. The van der Waals surface area contributed by atoms with Gasteiger partial charge in [-0.3, -0.25) is 18.6 Å². The Labute approximate surface area is 367 Å². The van der Waals surface area contributed by atoms with Crippen LogP contribution in [0.3, 0.4) is 0 Å². The number of rotatable bonds is 38. The summed E-state index contributed by atoms with van der Waals surface area (Å²) in [5.74, 6) is -1.17. The van der Waals surface area contributed by atoms with Gasteiger partial charge in [-0.25, -0.2) is 4.57 Å². The number of hydrogen-bond donors (Lipinski definition) is 6. The fourth-order valence-corrected chi connectivity index (χ4v) is 7.80. The van der Waals surface area contributed by atoms with E-state index in [1.54, 1.807) is 0 Å². The van der Waals surface area contributed by atoms with Gasteiger partial charge in [0.15, 0.2) is 6.10 Å². The lowest BCUT2D eigenvalue weighted by atomic mass is 9.85. The molecule has 1 saturated carbocycles. The van der Waals surface area contributed by atoms with Crippen LogP contribution in [0.4, 0.5) is 0 Å². The van der Waals surface area contributed by atoms with Gasteiger partial charge in [0.2, 0.25) is 0 Å². The van der Waals surface area contributed by atoms with Gasteiger partial charge in [0.25, 0.3) is 0 Å². The summed E-state index contributed by atoms with van der Waals surface area (Å²) < 4.78 is 33.5. The van der Waals surface area contributed by atoms with Crippen LogP contribution in [0.1, 0.15) is 181 Å². The summed E-state index contributed by atoms with van der Waals surface area (Å²) in [6, 6.07) is 0. The van der Waals surface area contributed by atoms with Gasteiger partial charge in [0.1, 0.15) is 43.2 Å². The predicted octanol–water partition coefficient (Wildman–Crippen LogP) is 9.17. The molecule has 13 nitrogen and oxygen atoms in total. The molecule has 0 saturated heterocycles. The lowest BCUT2D eigenvalue weighted by Crippen LogP contribution is -2.64. The highest BCUT2D eigenvalue weighted by atomic mass is 31.2. The fraction of sp³-hybridized carbons (Fsp3) is 0.787. The number of carbonyl (C=O) groups excluding carboxylic acids is 2. The molecule has 8 atom stereocenters. The summed E-state index contributed by atoms with van der Waals surface area (Å²) >= 11 is 0. The highest BCUT2D eigenvalue weighted by molar-refractivity contribution is 7.47. The Kier molecular flexibility index (Phi) is 34.7. The molecule has 0 heterocycles. The summed E-state index contributed by atoms with van der Waals surface area (Å²) in [6.07, 6.45) is 30.3. The molecule has 0 radical (unpaired) electrons. The van der Waals surface area contributed by atoms with Gasteiger partial charge in [0.05, 0.1) is 6.61 Å². The minimum Gasteiger partial charge on any atom is -0.462 e. The second-order valence-electron chi connectivity index (χ2n) is 16.3. The van der Waals surface area contributed by atoms with Crippen LogP contribution in [-0.4, -0.2) is 98.3 Å². The number of ether oxygens (including phenoxy) is 2. The SMILES string of the molecule is CCCCCCC=CCCCCCCCCCC(=O)OC[C@H](COP(=O)(O)OC1C(O)C(O)C(O)[C@@H](O)C1O)OC(=O)CCCC=CCC=CCC=CCCCCCCCC. The maximum absolute atomic E-state index is 12.8. The van der Waals surface area contributed by atoms with Crippen LogP contribution in [0.2, 0.25) is 0 Å². The molecule has 1 rings (SSSR count). The maximum atomic E-state index is 12.8. The molecule has 14 heteroatoms. The number of esters is 2. The van der Waals surface area contributed by atoms with E-state index in [0.29, 0.717) is 19.3 Å². The lowest BCUT2D eigenvalue weighted by molar-refractivity contribution is -0.220. The van der Waals surface area contributed by atoms with E-state index in [-0.39, 0.29) is 12.8 Å². The number of aliphatic hydroxyl groups is 5. The molecule has 354 valence electrons. The standard InChI is InChI=1S/C47H83O13P/c1-3-5-7-9-11-13-15-17-19-20-22-24-26-28-30-32-34-36-41(49)59-39(38-58-61(55,56)60-47-45(53)43(51)42(50)44(52)46(47)54)37-57-40(48)35-33-31-29-27-25-23-21-18-16-14-12-10-8-6-4-2/h14,16-17,19,22,24,28,30,39,42-47,50-54H,3-13,15,18,20-21,23,25-27,29,31-38H2,1-2H3,(H,55,56)/t39-,42?,43-,44?,45?,46?,47?/m1/s1. The van der Waals surface area contributed by atoms with E-state index in [1.165, 1.54) is 83.5 Å². The number of phosphoric acid groups is 1. The van der Waals surface area contributed by atoms with E-state index >= 15 is 0 Å². The van der Waals surface area contributed by atoms with Crippen molar-refractivity contribution in [3.8, 4) is 0 Å². The molecule has 0 aromatic rings. The number of hydrogen-bond acceptors (Lipinski definition) is 12. The minimum atomic E-state index is -5.13. The Morgan fingerprint density at radius 2 is 0.902 bits per heavy atom. The molecule has 0 bridgehead atoms. The van der Waals surface area contributed by atoms with Crippen LogP contribution in [0.15, 0.2) is 48.6 Å². The van der Waals surface area contributed by atoms with Crippen LogP contribution in [0.5, 0.6) is 0 Å². The molecular weight excluding hydrogens is 803 g/mol. The van der Waals surface area contributed by atoms with Crippen LogP contribution >= 0.6 is 7.82 Å². The molecule has 0 spiro atoms. The van der Waals surface area contributed by atoms with Crippen molar-refractivity contribution < 1.29 is 63.1 Å². The minimum absolute atomic E-state index is 0.0235. The van der Waals surface area contributed by atoms with E-state index in [4.69, 9.17) is 18.5 Å². The fourth-order valence-electron chi connectivity index (χ4n) is 6.83. The average molecular weight is 887 g/mol. The van der Waals surface area contributed by atoms with E-state index in [0.717, 1.165) is 51.4 Å². The van der Waals surface area contributed by atoms with E-state index in [9.17, 15) is 44.6 Å². The largest absolute Gasteiger partial charge is 0.472 e. The molecule has 1 aliphatic carbocycles. The Morgan fingerprint density at radius 3 is 1.43 bits per heavy atom. The molecule has 0 aliphatic heterocycles. The summed E-state index contributed by atoms with van der Waals surface area (Å²) in [5, 5.41) is 50.1. The molecule has 1 fully saturated rings. The van der Waals surface area contributed by atoms with Gasteiger partial charge in [-0.15, -0.1) is 0 Å². The summed E-state index contributed by atoms with van der Waals surface area (Å²) in [7, 11) is -5.13. The first-order chi connectivity index (χ1) is 29.4. The third kappa shape index (κ3) is 29.7. The summed E-state index contributed by atoms with van der Waals surface area (Å²) in [6.45, 7) is 3.23. The zero-order chi connectivity index (χ0) is 45.0. The Hall–Kier alpha value is -2.19. The first-order valence-corrected chi connectivity index (χ1v) is 24.9. The van der Waals surface area contributed by atoms with Crippen LogP contribution in [0.25, 0.3) is 0 Å². The first-order valence-electron chi connectivity index (χ1n) is 23.4. The number of carbonyl (C=O) groups is 2. The summed E-state index contributed by atoms with van der Waals surface area (Å²) in [5.41, 5.74) is 0. The molecular formula is C47H83O13P. The number of phosphoric ester groups is 1. The highest BCUT2D eigenvalue weighted by Gasteiger charge is 2.51. The summed E-state index contributed by atoms with van der Waals surface area (Å²) in [4.78, 5) is 35.7. The Balaban J connectivity index is 2.50. The third-order valence-corrected chi connectivity index (χ3v) is 11.6. The first kappa shape index (κ1) is 56.8. The molecule has 1 aliphatic rings. The van der Waals surface area contributed by atoms with Crippen molar-refractivity contribution in [2.45, 2.75) is 224 Å². The van der Waals surface area contributed by atoms with Crippen molar-refractivity contribution in [2.24, 2.45) is 0 Å². The number of unbranched alkanes of at least 4 members (excludes halogenated alkanes) is 18. The molecule has 0 aromatic carbocycles. The van der Waals surface area contributed by atoms with Gasteiger partial charge in [-0.2, -0.15) is 0 Å². The Bertz CT molecular complexity index is 1250. The second-order valence-corrected chi connectivity index (χ2v) is 17.7. The van der Waals surface area contributed by atoms with Crippen molar-refractivity contribution in [1.29, 1.82) is 0 Å². The van der Waals surface area contributed by atoms with Gasteiger partial charge >= 0.3 is 19.8 Å². The molecule has 6 unspecified atom stereocenters. The van der Waals surface area contributed by atoms with Gasteiger partial charge in [-0.1, -0.05) is 146 Å². The van der Waals surface area contributed by atoms with Crippen LogP contribution < -0.4 is 0 Å². The third-order valence-electron chi connectivity index (χ3n) is 10.6. The number of allylic oxidation sites excluding steroid dienone is 8. The van der Waals surface area contributed by atoms with Crippen molar-refractivity contribution in [3.05, 3.63) is 48.6 Å². The van der Waals surface area contributed by atoms with Gasteiger partial charge in [-0.05, 0) is 70.6 Å². The van der Waals surface area contributed by atoms with E-state index in [2.05, 4.69) is 50.3 Å². The zero-order valence-electron chi connectivity index (χ0n) is 37.4. The van der Waals surface area contributed by atoms with E-state index < -0.39 is 75.7 Å². The van der Waals surface area contributed by atoms with Gasteiger partial charge < -0.3 is 39.9 Å². The van der Waals surface area contributed by atoms with Crippen molar-refractivity contribution in [2.75, 3.05) is 13.2 Å². The molecule has 0 amide bonds. The topological polar surface area (TPSA) is 210 Å². The molecule has 61 heavy (non-hydrogen) atoms. The average Bonchev–Trinajstić information content (AvgIpc) is 3.24. The predicted molar refractivity (Wildman–Crippen MR) is 239 cm³/mol. The van der Waals surface area contributed by atoms with Crippen molar-refractivity contribution in [3.63, 3.8) is 0 Å². The zero-order valence-corrected chi connectivity index (χ0v) is 38.3. The van der Waals surface area contributed by atoms with Crippen molar-refractivity contribution in [1.82, 2.24) is 0 Å². The normalized spacial score (nSPS) is 22.4. The lowest BCUT2D eigenvalue weighted by Gasteiger charge is -2.41.